The van der Waals surface area contributed by atoms with Crippen LogP contribution in [0.5, 0.6) is 0 Å². The Balaban J connectivity index is 1.45. The van der Waals surface area contributed by atoms with E-state index in [4.69, 9.17) is 5.73 Å². The number of carbonyl (C=O) groups excluding carboxylic acids is 2. The molecule has 2 amide bonds. The van der Waals surface area contributed by atoms with E-state index < -0.39 is 0 Å². The first-order chi connectivity index (χ1) is 13.6. The van der Waals surface area contributed by atoms with E-state index >= 15 is 0 Å². The second-order valence-electron chi connectivity index (χ2n) is 7.36. The Kier molecular flexibility index (Phi) is 7.51. The van der Waals surface area contributed by atoms with Crippen molar-refractivity contribution in [2.24, 2.45) is 11.7 Å². The highest BCUT2D eigenvalue weighted by atomic mass is 32.2. The van der Waals surface area contributed by atoms with Crippen molar-refractivity contribution in [2.45, 2.75) is 24.2 Å². The number of piperidine rings is 1. The molecule has 0 atom stereocenters. The Bertz CT molecular complexity index is 789. The topological polar surface area (TPSA) is 76.6 Å². The van der Waals surface area contributed by atoms with Gasteiger partial charge in [0, 0.05) is 4.90 Å². The summed E-state index contributed by atoms with van der Waals surface area (Å²) in [4.78, 5) is 25.7. The molecule has 148 valence electrons. The minimum absolute atomic E-state index is 0.0173. The van der Waals surface area contributed by atoms with Crippen molar-refractivity contribution in [3.63, 3.8) is 0 Å². The van der Waals surface area contributed by atoms with E-state index in [9.17, 15) is 9.59 Å². The van der Waals surface area contributed by atoms with Crippen molar-refractivity contribution in [1.29, 1.82) is 0 Å². The first-order valence-corrected chi connectivity index (χ1v) is 10.8. The van der Waals surface area contributed by atoms with Crippen LogP contribution in [0, 0.1) is 5.92 Å². The van der Waals surface area contributed by atoms with Crippen LogP contribution >= 0.6 is 11.8 Å². The number of rotatable bonds is 8. The lowest BCUT2D eigenvalue weighted by molar-refractivity contribution is -0.898. The highest BCUT2D eigenvalue weighted by Gasteiger charge is 2.24. The molecule has 1 aliphatic heterocycles. The molecule has 2 aromatic carbocycles. The summed E-state index contributed by atoms with van der Waals surface area (Å²) >= 11 is 1.35. The van der Waals surface area contributed by atoms with Crippen LogP contribution in [-0.4, -0.2) is 37.2 Å². The summed E-state index contributed by atoms with van der Waals surface area (Å²) in [5, 5.41) is 3.00. The van der Waals surface area contributed by atoms with Gasteiger partial charge in [-0.3, -0.25) is 9.59 Å². The first-order valence-electron chi connectivity index (χ1n) is 9.77. The molecule has 0 bridgehead atoms. The molecule has 1 aliphatic rings. The lowest BCUT2D eigenvalue weighted by Gasteiger charge is -2.29. The zero-order valence-electron chi connectivity index (χ0n) is 16.0. The molecular weight excluding hydrogens is 370 g/mol. The summed E-state index contributed by atoms with van der Waals surface area (Å²) < 4.78 is 0. The van der Waals surface area contributed by atoms with Gasteiger partial charge in [-0.1, -0.05) is 42.5 Å². The minimum Gasteiger partial charge on any atom is -0.369 e. The van der Waals surface area contributed by atoms with Crippen molar-refractivity contribution in [2.75, 3.05) is 30.7 Å². The van der Waals surface area contributed by atoms with Crippen molar-refractivity contribution in [1.82, 2.24) is 0 Å². The van der Waals surface area contributed by atoms with E-state index in [0.29, 0.717) is 12.5 Å². The van der Waals surface area contributed by atoms with Gasteiger partial charge in [-0.15, -0.1) is 11.8 Å². The summed E-state index contributed by atoms with van der Waals surface area (Å²) in [7, 11) is 0. The Labute approximate surface area is 170 Å². The predicted octanol–water partition coefficient (Wildman–Crippen LogP) is 1.74. The highest BCUT2D eigenvalue weighted by molar-refractivity contribution is 8.00. The van der Waals surface area contributed by atoms with Gasteiger partial charge in [0.15, 0.2) is 6.54 Å². The summed E-state index contributed by atoms with van der Waals surface area (Å²) in [5.41, 5.74) is 7.37. The molecular formula is C22H28N3O2S+. The van der Waals surface area contributed by atoms with Crippen LogP contribution in [-0.2, 0) is 16.0 Å². The zero-order chi connectivity index (χ0) is 19.8. The molecule has 0 aliphatic carbocycles. The van der Waals surface area contributed by atoms with Crippen molar-refractivity contribution < 1.29 is 14.5 Å². The maximum atomic E-state index is 12.5. The predicted molar refractivity (Wildman–Crippen MR) is 113 cm³/mol. The van der Waals surface area contributed by atoms with Crippen LogP contribution in [0.1, 0.15) is 18.4 Å². The van der Waals surface area contributed by atoms with E-state index in [1.807, 2.05) is 24.3 Å². The van der Waals surface area contributed by atoms with E-state index in [0.717, 1.165) is 42.9 Å². The van der Waals surface area contributed by atoms with Crippen molar-refractivity contribution in [3.8, 4) is 0 Å². The molecule has 1 fully saturated rings. The Hall–Kier alpha value is -2.31. The molecule has 4 N–H and O–H groups in total. The lowest BCUT2D eigenvalue weighted by atomic mass is 9.90. The monoisotopic (exact) mass is 398 g/mol. The molecule has 1 heterocycles. The number of thioether (sulfide) groups is 1. The van der Waals surface area contributed by atoms with E-state index in [2.05, 4.69) is 35.6 Å². The van der Waals surface area contributed by atoms with Gasteiger partial charge < -0.3 is 16.0 Å². The second kappa shape index (κ2) is 10.3. The largest absolute Gasteiger partial charge is 0.369 e. The van der Waals surface area contributed by atoms with Gasteiger partial charge in [0.1, 0.15) is 0 Å². The van der Waals surface area contributed by atoms with Crippen LogP contribution in [0.25, 0.3) is 0 Å². The number of para-hydroxylation sites is 1. The molecule has 5 nitrogen and oxygen atoms in total. The first kappa shape index (κ1) is 20.4. The second-order valence-corrected chi connectivity index (χ2v) is 8.38. The van der Waals surface area contributed by atoms with Gasteiger partial charge >= 0.3 is 0 Å². The molecule has 0 aromatic heterocycles. The quantitative estimate of drug-likeness (QED) is 0.593. The molecule has 0 unspecified atom stereocenters. The molecule has 6 heteroatoms. The normalized spacial score (nSPS) is 19.1. The fourth-order valence-electron chi connectivity index (χ4n) is 3.68. The van der Waals surface area contributed by atoms with E-state index in [1.165, 1.54) is 22.2 Å². The van der Waals surface area contributed by atoms with Gasteiger partial charge in [-0.2, -0.15) is 0 Å². The number of likely N-dealkylation sites (tertiary alicyclic amines) is 1. The smallest absolute Gasteiger partial charge is 0.279 e. The maximum absolute atomic E-state index is 12.5. The van der Waals surface area contributed by atoms with E-state index in [-0.39, 0.29) is 17.6 Å². The highest BCUT2D eigenvalue weighted by Crippen LogP contribution is 2.26. The minimum atomic E-state index is -0.367. The molecule has 0 radical (unpaired) electrons. The molecule has 1 saturated heterocycles. The molecule has 0 saturated carbocycles. The number of nitrogens with one attached hydrogen (secondary N) is 2. The number of amides is 2. The Morgan fingerprint density at radius 3 is 2.43 bits per heavy atom. The van der Waals surface area contributed by atoms with E-state index in [1.54, 1.807) is 0 Å². The average Bonchev–Trinajstić information content (AvgIpc) is 2.69. The number of carbonyl (C=O) groups is 2. The van der Waals surface area contributed by atoms with Crippen LogP contribution in [0.3, 0.4) is 0 Å². The molecule has 28 heavy (non-hydrogen) atoms. The average molecular weight is 399 g/mol. The fraction of sp³-hybridized carbons (Fsp3) is 0.364. The van der Waals surface area contributed by atoms with Gasteiger partial charge in [-0.05, 0) is 42.9 Å². The lowest BCUT2D eigenvalue weighted by Crippen LogP contribution is -3.14. The fourth-order valence-corrected chi connectivity index (χ4v) is 4.43. The number of hydrogen-bond donors (Lipinski definition) is 3. The van der Waals surface area contributed by atoms with Crippen molar-refractivity contribution >= 4 is 29.3 Å². The van der Waals surface area contributed by atoms with Crippen molar-refractivity contribution in [3.05, 3.63) is 60.2 Å². The summed E-state index contributed by atoms with van der Waals surface area (Å²) in [6.07, 6.45) is 3.44. The number of quaternary nitrogens is 1. The third kappa shape index (κ3) is 6.39. The Morgan fingerprint density at radius 1 is 1.04 bits per heavy atom. The third-order valence-electron chi connectivity index (χ3n) is 5.12. The van der Waals surface area contributed by atoms with Crippen LogP contribution < -0.4 is 16.0 Å². The van der Waals surface area contributed by atoms with Gasteiger partial charge in [0.05, 0.1) is 24.5 Å². The van der Waals surface area contributed by atoms with Gasteiger partial charge in [0.25, 0.3) is 5.91 Å². The zero-order valence-corrected chi connectivity index (χ0v) is 16.8. The van der Waals surface area contributed by atoms with Crippen LogP contribution in [0.4, 0.5) is 5.69 Å². The van der Waals surface area contributed by atoms with Gasteiger partial charge in [-0.25, -0.2) is 0 Å². The number of benzene rings is 2. The summed E-state index contributed by atoms with van der Waals surface area (Å²) in [6.45, 7) is 2.54. The maximum Gasteiger partial charge on any atom is 0.279 e. The van der Waals surface area contributed by atoms with Crippen LogP contribution in [0.2, 0.25) is 0 Å². The molecule has 2 aromatic rings. The van der Waals surface area contributed by atoms with Gasteiger partial charge in [0.2, 0.25) is 5.91 Å². The number of primary amides is 1. The number of hydrogen-bond acceptors (Lipinski definition) is 3. The van der Waals surface area contributed by atoms with Crippen LogP contribution in [0.15, 0.2) is 59.5 Å². The number of anilines is 1. The Morgan fingerprint density at radius 2 is 1.71 bits per heavy atom. The standard InChI is InChI=1S/C22H27N3O2S/c23-21(26)16-28-20-9-5-4-8-19(20)24-22(27)15-25-12-10-18(11-13-25)14-17-6-2-1-3-7-17/h1-9,18H,10-16H2,(H2,23,26)(H,24,27)/p+1. The summed E-state index contributed by atoms with van der Waals surface area (Å²) in [5.74, 6) is 0.560. The number of nitrogens with two attached hydrogens (primary N) is 1. The SMILES string of the molecule is NC(=O)CSc1ccccc1NC(=O)C[NH+]1CCC(Cc2ccccc2)CC1. The molecule has 0 spiro atoms. The summed E-state index contributed by atoms with van der Waals surface area (Å²) in [6, 6.07) is 18.2. The molecule has 3 rings (SSSR count). The third-order valence-corrected chi connectivity index (χ3v) is 6.22.